The highest BCUT2D eigenvalue weighted by Gasteiger charge is 2.19. The van der Waals surface area contributed by atoms with Gasteiger partial charge in [0.25, 0.3) is 5.56 Å². The van der Waals surface area contributed by atoms with Gasteiger partial charge in [-0.1, -0.05) is 23.2 Å². The lowest BCUT2D eigenvalue weighted by atomic mass is 10.1. The molecule has 1 N–H and O–H groups in total. The first-order valence-electron chi connectivity index (χ1n) is 12.9. The number of imidazole rings is 1. The van der Waals surface area contributed by atoms with Crippen molar-refractivity contribution in [3.8, 4) is 11.8 Å². The van der Waals surface area contributed by atoms with Crippen LogP contribution in [0.1, 0.15) is 34.4 Å². The van der Waals surface area contributed by atoms with Gasteiger partial charge in [0.15, 0.2) is 5.82 Å². The lowest BCUT2D eigenvalue weighted by Gasteiger charge is -2.30. The first kappa shape index (κ1) is 25.5. The molecule has 0 radical (unpaired) electrons. The van der Waals surface area contributed by atoms with Gasteiger partial charge >= 0.3 is 0 Å². The molecule has 0 amide bonds. The largest absolute Gasteiger partial charge is 0.371 e. The van der Waals surface area contributed by atoms with Crippen molar-refractivity contribution in [1.82, 2.24) is 34.1 Å². The van der Waals surface area contributed by atoms with Gasteiger partial charge in [-0.05, 0) is 43.7 Å². The minimum atomic E-state index is -0.277. The van der Waals surface area contributed by atoms with Gasteiger partial charge in [-0.3, -0.25) is 9.36 Å². The van der Waals surface area contributed by atoms with E-state index in [9.17, 15) is 4.79 Å². The number of likely N-dealkylation sites (N-methyl/N-ethyl adjacent to an activating group) is 1. The van der Waals surface area contributed by atoms with E-state index in [4.69, 9.17) is 14.2 Å². The fourth-order valence-electron chi connectivity index (χ4n) is 4.60. The summed E-state index contributed by atoms with van der Waals surface area (Å²) < 4.78 is 14.5. The summed E-state index contributed by atoms with van der Waals surface area (Å²) in [5.41, 5.74) is 3.24. The topological polar surface area (TPSA) is 116 Å². The molecule has 1 saturated heterocycles. The Labute approximate surface area is 230 Å². The van der Waals surface area contributed by atoms with Crippen molar-refractivity contribution in [3.05, 3.63) is 93.7 Å². The lowest BCUT2D eigenvalue weighted by molar-refractivity contribution is -0.0208. The van der Waals surface area contributed by atoms with Crippen LogP contribution in [0.2, 0.25) is 0 Å². The van der Waals surface area contributed by atoms with E-state index in [1.54, 1.807) is 40.0 Å². The highest BCUT2D eigenvalue weighted by atomic mass is 16.5. The van der Waals surface area contributed by atoms with Crippen LogP contribution in [0.5, 0.6) is 0 Å². The molecule has 0 bridgehead atoms. The number of hydrogen-bond donors (Lipinski definition) is 1. The molecular weight excluding hydrogens is 508 g/mol. The van der Waals surface area contributed by atoms with Gasteiger partial charge in [0, 0.05) is 55.4 Å². The van der Waals surface area contributed by atoms with Crippen molar-refractivity contribution >= 4 is 22.7 Å². The predicted octanol–water partition coefficient (Wildman–Crippen LogP) is 3.02. The second-order valence-electron chi connectivity index (χ2n) is 9.81. The van der Waals surface area contributed by atoms with Crippen LogP contribution in [-0.4, -0.2) is 60.9 Å². The van der Waals surface area contributed by atoms with Gasteiger partial charge in [0.05, 0.1) is 31.0 Å². The molecule has 4 aromatic heterocycles. The molecule has 1 aromatic carbocycles. The van der Waals surface area contributed by atoms with Gasteiger partial charge in [0.1, 0.15) is 11.4 Å². The van der Waals surface area contributed by atoms with Gasteiger partial charge in [0.2, 0.25) is 5.95 Å². The molecule has 1 aliphatic heterocycles. The molecule has 0 saturated carbocycles. The molecule has 40 heavy (non-hydrogen) atoms. The number of hydrogen-bond acceptors (Lipinski definition) is 9. The average molecular weight is 537 g/mol. The standard InChI is InChI=1S/C29H28N8O3/c1-19-23(16-32-40-19)17-37-27-22(14-21(28(37)38)6-9-26-30-10-11-36(26)3)15-31-29(34-27)33-24-7-4-20(5-8-24)25-18-35(2)12-13-39-25/h4-5,7-8,10-11,14-16,25H,12-13,17-18H2,1-3H3,(H,31,33,34). The minimum absolute atomic E-state index is 0.0507. The molecule has 0 aliphatic carbocycles. The van der Waals surface area contributed by atoms with Crippen LogP contribution in [-0.2, 0) is 18.3 Å². The van der Waals surface area contributed by atoms with Crippen molar-refractivity contribution in [2.24, 2.45) is 7.05 Å². The van der Waals surface area contributed by atoms with Crippen molar-refractivity contribution in [1.29, 1.82) is 0 Å². The summed E-state index contributed by atoms with van der Waals surface area (Å²) in [5, 5.41) is 7.80. The predicted molar refractivity (Wildman–Crippen MR) is 149 cm³/mol. The molecule has 11 nitrogen and oxygen atoms in total. The van der Waals surface area contributed by atoms with E-state index >= 15 is 0 Å². The maximum Gasteiger partial charge on any atom is 0.268 e. The van der Waals surface area contributed by atoms with Crippen LogP contribution in [0.3, 0.4) is 0 Å². The maximum atomic E-state index is 13.6. The average Bonchev–Trinajstić information content (AvgIpc) is 3.56. The fourth-order valence-corrected chi connectivity index (χ4v) is 4.60. The minimum Gasteiger partial charge on any atom is -0.371 e. The summed E-state index contributed by atoms with van der Waals surface area (Å²) in [6.07, 6.45) is 6.81. The Morgan fingerprint density at radius 1 is 1.12 bits per heavy atom. The van der Waals surface area contributed by atoms with Crippen molar-refractivity contribution in [2.45, 2.75) is 19.6 Å². The highest BCUT2D eigenvalue weighted by Crippen LogP contribution is 2.24. The summed E-state index contributed by atoms with van der Waals surface area (Å²) in [5.74, 6) is 7.52. The van der Waals surface area contributed by atoms with Crippen molar-refractivity contribution in [2.75, 3.05) is 32.1 Å². The number of rotatable bonds is 5. The summed E-state index contributed by atoms with van der Waals surface area (Å²) in [7, 11) is 3.95. The number of nitrogens with one attached hydrogen (secondary N) is 1. The number of pyridine rings is 1. The molecule has 11 heteroatoms. The van der Waals surface area contributed by atoms with E-state index in [0.29, 0.717) is 34.1 Å². The SMILES string of the molecule is Cc1oncc1Cn1c(=O)c(C#Cc2nccn2C)cc2cnc(Nc3ccc(C4CN(C)CCO4)cc3)nc21. The number of anilines is 2. The van der Waals surface area contributed by atoms with E-state index in [0.717, 1.165) is 36.5 Å². The number of aromatic nitrogens is 6. The zero-order valence-electron chi connectivity index (χ0n) is 22.5. The van der Waals surface area contributed by atoms with Gasteiger partial charge < -0.3 is 24.0 Å². The lowest BCUT2D eigenvalue weighted by Crippen LogP contribution is -2.35. The molecule has 5 aromatic rings. The number of ether oxygens (including phenoxy) is 1. The van der Waals surface area contributed by atoms with Gasteiger partial charge in [-0.15, -0.1) is 0 Å². The molecule has 1 fully saturated rings. The third-order valence-electron chi connectivity index (χ3n) is 6.94. The first-order valence-corrected chi connectivity index (χ1v) is 12.9. The number of nitrogens with zero attached hydrogens (tertiary/aromatic N) is 7. The zero-order chi connectivity index (χ0) is 27.6. The molecule has 202 valence electrons. The van der Waals surface area contributed by atoms with E-state index in [1.165, 1.54) is 0 Å². The second-order valence-corrected chi connectivity index (χ2v) is 9.81. The molecule has 0 spiro atoms. The fraction of sp³-hybridized carbons (Fsp3) is 0.276. The second kappa shape index (κ2) is 10.8. The number of morpholine rings is 1. The molecular formula is C29H28N8O3. The Morgan fingerprint density at radius 2 is 1.98 bits per heavy atom. The summed E-state index contributed by atoms with van der Waals surface area (Å²) in [4.78, 5) is 29.4. The number of fused-ring (bicyclic) bond motifs is 1. The summed E-state index contributed by atoms with van der Waals surface area (Å²) >= 11 is 0. The van der Waals surface area contributed by atoms with Crippen LogP contribution >= 0.6 is 0 Å². The Hall–Kier alpha value is -4.79. The van der Waals surface area contributed by atoms with Crippen LogP contribution in [0, 0.1) is 18.8 Å². The van der Waals surface area contributed by atoms with E-state index in [1.807, 2.05) is 38.2 Å². The normalized spacial score (nSPS) is 15.6. The molecule has 1 aliphatic rings. The Morgan fingerprint density at radius 3 is 2.70 bits per heavy atom. The van der Waals surface area contributed by atoms with Gasteiger partial charge in [-0.25, -0.2) is 9.97 Å². The van der Waals surface area contributed by atoms with Crippen molar-refractivity contribution < 1.29 is 9.26 Å². The zero-order valence-corrected chi connectivity index (χ0v) is 22.5. The van der Waals surface area contributed by atoms with Crippen LogP contribution in [0.15, 0.2) is 64.4 Å². The third kappa shape index (κ3) is 5.22. The van der Waals surface area contributed by atoms with Crippen molar-refractivity contribution in [3.63, 3.8) is 0 Å². The van der Waals surface area contributed by atoms with Crippen LogP contribution in [0.4, 0.5) is 11.6 Å². The van der Waals surface area contributed by atoms with E-state index in [2.05, 4.69) is 44.2 Å². The molecule has 5 heterocycles. The van der Waals surface area contributed by atoms with Gasteiger partial charge in [-0.2, -0.15) is 4.98 Å². The van der Waals surface area contributed by atoms with E-state index in [-0.39, 0.29) is 18.2 Å². The molecule has 6 rings (SSSR count). The highest BCUT2D eigenvalue weighted by molar-refractivity contribution is 5.77. The Balaban J connectivity index is 1.34. The van der Waals surface area contributed by atoms with Crippen LogP contribution in [0.25, 0.3) is 11.0 Å². The first-order chi connectivity index (χ1) is 19.4. The quantitative estimate of drug-likeness (QED) is 0.338. The summed E-state index contributed by atoms with van der Waals surface area (Å²) in [6, 6.07) is 9.76. The van der Waals surface area contributed by atoms with Crippen LogP contribution < -0.4 is 10.9 Å². The monoisotopic (exact) mass is 536 g/mol. The number of aryl methyl sites for hydroxylation is 2. The smallest absolute Gasteiger partial charge is 0.268 e. The Kier molecular flexibility index (Phi) is 6.86. The maximum absolute atomic E-state index is 13.6. The summed E-state index contributed by atoms with van der Waals surface area (Å²) in [6.45, 7) is 4.55. The Bertz CT molecular complexity index is 1790. The molecule has 1 unspecified atom stereocenters. The third-order valence-corrected chi connectivity index (χ3v) is 6.94. The molecule has 1 atom stereocenters. The van der Waals surface area contributed by atoms with E-state index < -0.39 is 0 Å². The number of benzene rings is 1.